The lowest BCUT2D eigenvalue weighted by Gasteiger charge is -2.34. The lowest BCUT2D eigenvalue weighted by atomic mass is 10.0. The molecule has 0 aliphatic carbocycles. The summed E-state index contributed by atoms with van der Waals surface area (Å²) in [5, 5.41) is 2.71. The van der Waals surface area contributed by atoms with Crippen molar-refractivity contribution < 1.29 is 22.8 Å². The SMILES string of the molecule is C=CC(=O)N1CCCCC1C(=O)NCc1cc(C(F)(F)F)ccc1Cl. The third kappa shape index (κ3) is 4.75. The number of alkyl halides is 3. The Morgan fingerprint density at radius 2 is 2.08 bits per heavy atom. The third-order valence-electron chi connectivity index (χ3n) is 4.09. The predicted molar refractivity (Wildman–Crippen MR) is 87.8 cm³/mol. The smallest absolute Gasteiger partial charge is 0.350 e. The molecule has 2 amide bonds. The van der Waals surface area contributed by atoms with Crippen molar-refractivity contribution in [3.63, 3.8) is 0 Å². The Morgan fingerprint density at radius 3 is 2.72 bits per heavy atom. The highest BCUT2D eigenvalue weighted by molar-refractivity contribution is 6.31. The number of hydrogen-bond acceptors (Lipinski definition) is 2. The van der Waals surface area contributed by atoms with Gasteiger partial charge in [-0.3, -0.25) is 9.59 Å². The fraction of sp³-hybridized carbons (Fsp3) is 0.412. The van der Waals surface area contributed by atoms with E-state index >= 15 is 0 Å². The molecule has 0 saturated carbocycles. The molecule has 1 aromatic carbocycles. The molecule has 0 bridgehead atoms. The maximum Gasteiger partial charge on any atom is 0.416 e. The van der Waals surface area contributed by atoms with E-state index in [1.165, 1.54) is 4.90 Å². The van der Waals surface area contributed by atoms with Crippen molar-refractivity contribution in [2.45, 2.75) is 38.0 Å². The van der Waals surface area contributed by atoms with Crippen LogP contribution in [0.4, 0.5) is 13.2 Å². The molecule has 1 fully saturated rings. The van der Waals surface area contributed by atoms with Crippen LogP contribution in [0, 0.1) is 0 Å². The first kappa shape index (κ1) is 19.3. The van der Waals surface area contributed by atoms with Gasteiger partial charge in [-0.25, -0.2) is 0 Å². The number of amides is 2. The second kappa shape index (κ2) is 7.91. The zero-order valence-electron chi connectivity index (χ0n) is 13.4. The first-order valence-corrected chi connectivity index (χ1v) is 8.18. The van der Waals surface area contributed by atoms with Crippen LogP contribution in [0.1, 0.15) is 30.4 Å². The minimum atomic E-state index is -4.49. The van der Waals surface area contributed by atoms with Crippen LogP contribution in [0.25, 0.3) is 0 Å². The van der Waals surface area contributed by atoms with Crippen LogP contribution in [0.15, 0.2) is 30.9 Å². The second-order valence-electron chi connectivity index (χ2n) is 5.77. The number of nitrogens with zero attached hydrogens (tertiary/aromatic N) is 1. The van der Waals surface area contributed by atoms with Crippen LogP contribution < -0.4 is 5.32 Å². The molecule has 1 aliphatic heterocycles. The highest BCUT2D eigenvalue weighted by Gasteiger charge is 2.32. The van der Waals surface area contributed by atoms with Crippen LogP contribution in [0.2, 0.25) is 5.02 Å². The number of carbonyl (C=O) groups is 2. The van der Waals surface area contributed by atoms with E-state index in [-0.39, 0.29) is 23.0 Å². The molecule has 2 rings (SSSR count). The van der Waals surface area contributed by atoms with Gasteiger partial charge >= 0.3 is 6.18 Å². The molecular weight excluding hydrogens is 357 g/mol. The van der Waals surface area contributed by atoms with Gasteiger partial charge in [0.05, 0.1) is 5.56 Å². The number of carbonyl (C=O) groups excluding carboxylic acids is 2. The van der Waals surface area contributed by atoms with Crippen molar-refractivity contribution in [2.75, 3.05) is 6.54 Å². The van der Waals surface area contributed by atoms with E-state index in [0.29, 0.717) is 13.0 Å². The van der Waals surface area contributed by atoms with Gasteiger partial charge in [-0.05, 0) is 49.1 Å². The topological polar surface area (TPSA) is 49.4 Å². The first-order valence-electron chi connectivity index (χ1n) is 7.80. The minimum absolute atomic E-state index is 0.135. The summed E-state index contributed by atoms with van der Waals surface area (Å²) in [6.07, 6.45) is -1.25. The largest absolute Gasteiger partial charge is 0.416 e. The van der Waals surface area contributed by atoms with Crippen molar-refractivity contribution >= 4 is 23.4 Å². The number of benzene rings is 1. The summed E-state index contributed by atoms with van der Waals surface area (Å²) in [6, 6.07) is 2.30. The van der Waals surface area contributed by atoms with E-state index in [2.05, 4.69) is 11.9 Å². The molecule has 1 aliphatic rings. The molecule has 1 saturated heterocycles. The van der Waals surface area contributed by atoms with Gasteiger partial charge in [0.25, 0.3) is 0 Å². The van der Waals surface area contributed by atoms with Crippen molar-refractivity contribution in [1.29, 1.82) is 0 Å². The summed E-state index contributed by atoms with van der Waals surface area (Å²) in [7, 11) is 0. The molecule has 25 heavy (non-hydrogen) atoms. The lowest BCUT2D eigenvalue weighted by molar-refractivity contribution is -0.139. The summed E-state index contributed by atoms with van der Waals surface area (Å²) in [4.78, 5) is 25.7. The predicted octanol–water partition coefficient (Wildman–Crippen LogP) is 3.54. The molecule has 4 nitrogen and oxygen atoms in total. The van der Waals surface area contributed by atoms with E-state index in [0.717, 1.165) is 37.1 Å². The van der Waals surface area contributed by atoms with Crippen LogP contribution in [-0.2, 0) is 22.3 Å². The molecule has 1 unspecified atom stereocenters. The third-order valence-corrected chi connectivity index (χ3v) is 4.46. The molecule has 8 heteroatoms. The molecular formula is C17H18ClF3N2O2. The summed E-state index contributed by atoms with van der Waals surface area (Å²) < 4.78 is 38.4. The van der Waals surface area contributed by atoms with Gasteiger partial charge in [-0.1, -0.05) is 18.2 Å². The summed E-state index contributed by atoms with van der Waals surface area (Å²) in [6.45, 7) is 3.73. The zero-order chi connectivity index (χ0) is 18.6. The van der Waals surface area contributed by atoms with Gasteiger partial charge in [-0.2, -0.15) is 13.2 Å². The lowest BCUT2D eigenvalue weighted by Crippen LogP contribution is -2.51. The Morgan fingerprint density at radius 1 is 1.36 bits per heavy atom. The van der Waals surface area contributed by atoms with Gasteiger partial charge in [0.2, 0.25) is 11.8 Å². The standard InChI is InChI=1S/C17H18ClF3N2O2/c1-2-15(24)23-8-4-3-5-14(23)16(25)22-10-11-9-12(17(19,20)21)6-7-13(11)18/h2,6-7,9,14H,1,3-5,8,10H2,(H,22,25). The van der Waals surface area contributed by atoms with Crippen LogP contribution in [0.5, 0.6) is 0 Å². The van der Waals surface area contributed by atoms with Gasteiger partial charge < -0.3 is 10.2 Å². The van der Waals surface area contributed by atoms with Gasteiger partial charge in [-0.15, -0.1) is 0 Å². The highest BCUT2D eigenvalue weighted by Crippen LogP contribution is 2.31. The average Bonchev–Trinajstić information content (AvgIpc) is 2.59. The van der Waals surface area contributed by atoms with Crippen LogP contribution in [-0.4, -0.2) is 29.3 Å². The highest BCUT2D eigenvalue weighted by atomic mass is 35.5. The summed E-state index contributed by atoms with van der Waals surface area (Å²) in [5.41, 5.74) is -0.662. The quantitative estimate of drug-likeness (QED) is 0.819. The summed E-state index contributed by atoms with van der Waals surface area (Å²) in [5.74, 6) is -0.750. The molecule has 0 radical (unpaired) electrons. The molecule has 1 aromatic rings. The summed E-state index contributed by atoms with van der Waals surface area (Å²) >= 11 is 5.92. The number of halogens is 4. The van der Waals surface area contributed by atoms with E-state index in [1.54, 1.807) is 0 Å². The van der Waals surface area contributed by atoms with Crippen molar-refractivity contribution in [2.24, 2.45) is 0 Å². The van der Waals surface area contributed by atoms with E-state index < -0.39 is 23.7 Å². The first-order chi connectivity index (χ1) is 11.7. The van der Waals surface area contributed by atoms with Gasteiger partial charge in [0.15, 0.2) is 0 Å². The minimum Gasteiger partial charge on any atom is -0.350 e. The number of hydrogen-bond donors (Lipinski definition) is 1. The Labute approximate surface area is 148 Å². The van der Waals surface area contributed by atoms with Crippen molar-refractivity contribution in [1.82, 2.24) is 10.2 Å². The fourth-order valence-corrected chi connectivity index (χ4v) is 2.96. The Bertz CT molecular complexity index is 676. The Balaban J connectivity index is 2.08. The van der Waals surface area contributed by atoms with Crippen LogP contribution in [0.3, 0.4) is 0 Å². The van der Waals surface area contributed by atoms with Gasteiger partial charge in [0.1, 0.15) is 6.04 Å². The zero-order valence-corrected chi connectivity index (χ0v) is 14.2. The maximum absolute atomic E-state index is 12.8. The molecule has 1 heterocycles. The fourth-order valence-electron chi connectivity index (χ4n) is 2.77. The Hall–Kier alpha value is -2.02. The van der Waals surface area contributed by atoms with E-state index in [9.17, 15) is 22.8 Å². The molecule has 1 N–H and O–H groups in total. The second-order valence-corrected chi connectivity index (χ2v) is 6.18. The Kier molecular flexibility index (Phi) is 6.11. The van der Waals surface area contributed by atoms with Crippen molar-refractivity contribution in [3.8, 4) is 0 Å². The van der Waals surface area contributed by atoms with E-state index in [4.69, 9.17) is 11.6 Å². The maximum atomic E-state index is 12.8. The van der Waals surface area contributed by atoms with E-state index in [1.807, 2.05) is 0 Å². The molecule has 136 valence electrons. The molecule has 0 aromatic heterocycles. The number of likely N-dealkylation sites (tertiary alicyclic amines) is 1. The normalized spacial score (nSPS) is 17.9. The number of piperidine rings is 1. The van der Waals surface area contributed by atoms with Crippen LogP contribution >= 0.6 is 11.6 Å². The van der Waals surface area contributed by atoms with Gasteiger partial charge in [0, 0.05) is 18.1 Å². The number of nitrogens with one attached hydrogen (secondary N) is 1. The monoisotopic (exact) mass is 374 g/mol. The van der Waals surface area contributed by atoms with Crippen molar-refractivity contribution in [3.05, 3.63) is 47.0 Å². The molecule has 1 atom stereocenters. The average molecular weight is 375 g/mol. The molecule has 0 spiro atoms. The number of rotatable bonds is 4.